The molecule has 3 aliphatic rings. The van der Waals surface area contributed by atoms with Gasteiger partial charge >= 0.3 is 0 Å². The average Bonchev–Trinajstić information content (AvgIpc) is 3.01. The van der Waals surface area contributed by atoms with Crippen molar-refractivity contribution in [3.8, 4) is 0 Å². The predicted molar refractivity (Wildman–Crippen MR) is 107 cm³/mol. The van der Waals surface area contributed by atoms with Crippen LogP contribution in [-0.4, -0.2) is 28.4 Å². The van der Waals surface area contributed by atoms with Gasteiger partial charge in [0.15, 0.2) is 5.17 Å². The smallest absolute Gasteiger partial charge is 0.287 e. The maximum absolute atomic E-state index is 13.4. The van der Waals surface area contributed by atoms with E-state index in [1.807, 2.05) is 17.9 Å². The van der Waals surface area contributed by atoms with Gasteiger partial charge in [0, 0.05) is 18.0 Å². The van der Waals surface area contributed by atoms with Crippen molar-refractivity contribution >= 4 is 45.9 Å². The number of carbonyl (C=O) groups excluding carboxylic acids is 3. The zero-order chi connectivity index (χ0) is 19.7. The van der Waals surface area contributed by atoms with Crippen molar-refractivity contribution in [2.45, 2.75) is 52.5 Å². The monoisotopic (exact) mass is 383 g/mol. The Morgan fingerprint density at radius 3 is 2.70 bits per heavy atom. The van der Waals surface area contributed by atoms with Crippen molar-refractivity contribution in [3.63, 3.8) is 0 Å². The van der Waals surface area contributed by atoms with Crippen LogP contribution in [0.2, 0.25) is 0 Å². The van der Waals surface area contributed by atoms with E-state index in [-0.39, 0.29) is 27.4 Å². The molecular weight excluding hydrogens is 362 g/mol. The van der Waals surface area contributed by atoms with Gasteiger partial charge in [0.2, 0.25) is 5.91 Å². The number of hydrogen-bond acceptors (Lipinski definition) is 4. The van der Waals surface area contributed by atoms with Gasteiger partial charge in [0.1, 0.15) is 0 Å². The standard InChI is InChI=1S/C20H21N3O3S/c1-9-6-12-10(2)8-20(4,5)23-15(12)13(7-9)14(18(23)26)16-17(25)22-19(27-16)21-11(3)24/h6-7,10H,8H2,1-5H3,(H,21,22,24,25). The molecule has 27 heavy (non-hydrogen) atoms. The van der Waals surface area contributed by atoms with Gasteiger partial charge in [-0.3, -0.25) is 14.4 Å². The molecule has 0 aliphatic carbocycles. The zero-order valence-electron chi connectivity index (χ0n) is 16.0. The van der Waals surface area contributed by atoms with Crippen LogP contribution in [0.4, 0.5) is 5.69 Å². The molecule has 0 fully saturated rings. The molecule has 0 aromatic heterocycles. The molecule has 3 aliphatic heterocycles. The Morgan fingerprint density at radius 2 is 2.04 bits per heavy atom. The van der Waals surface area contributed by atoms with Crippen LogP contribution >= 0.6 is 11.8 Å². The number of carbonyl (C=O) groups is 3. The van der Waals surface area contributed by atoms with Crippen LogP contribution in [0.3, 0.4) is 0 Å². The first kappa shape index (κ1) is 18.0. The minimum absolute atomic E-state index is 0.163. The Morgan fingerprint density at radius 1 is 1.33 bits per heavy atom. The normalized spacial score (nSPS) is 25.6. The van der Waals surface area contributed by atoms with Crippen molar-refractivity contribution in [1.82, 2.24) is 5.32 Å². The van der Waals surface area contributed by atoms with Gasteiger partial charge in [-0.25, -0.2) is 0 Å². The second-order valence-electron chi connectivity index (χ2n) is 8.02. The maximum atomic E-state index is 13.4. The number of nitrogens with zero attached hydrogens (tertiary/aromatic N) is 2. The van der Waals surface area contributed by atoms with Crippen LogP contribution in [0.15, 0.2) is 22.0 Å². The second kappa shape index (κ2) is 5.79. The fourth-order valence-corrected chi connectivity index (χ4v) is 5.32. The quantitative estimate of drug-likeness (QED) is 0.698. The molecule has 0 radical (unpaired) electrons. The summed E-state index contributed by atoms with van der Waals surface area (Å²) in [5, 5.41) is 2.76. The number of amidine groups is 1. The maximum Gasteiger partial charge on any atom is 0.287 e. The Balaban J connectivity index is 1.92. The molecular formula is C20H21N3O3S. The van der Waals surface area contributed by atoms with Crippen LogP contribution in [-0.2, 0) is 14.4 Å². The molecule has 1 N–H and O–H groups in total. The number of hydrogen-bond donors (Lipinski definition) is 1. The van der Waals surface area contributed by atoms with Crippen LogP contribution < -0.4 is 10.2 Å². The van der Waals surface area contributed by atoms with E-state index in [2.05, 4.69) is 37.1 Å². The SMILES string of the molecule is CC(=O)NC1=NC(=O)C(=C2C(=O)N3c4c2cc(C)cc4C(C)CC3(C)C)S1. The summed E-state index contributed by atoms with van der Waals surface area (Å²) in [6, 6.07) is 4.10. The van der Waals surface area contributed by atoms with Crippen molar-refractivity contribution < 1.29 is 14.4 Å². The molecule has 140 valence electrons. The molecule has 0 saturated carbocycles. The lowest BCUT2D eigenvalue weighted by Gasteiger charge is -2.43. The largest absolute Gasteiger partial charge is 0.305 e. The van der Waals surface area contributed by atoms with E-state index in [9.17, 15) is 14.4 Å². The number of benzene rings is 1. The van der Waals surface area contributed by atoms with Crippen LogP contribution in [0.25, 0.3) is 5.57 Å². The van der Waals surface area contributed by atoms with Gasteiger partial charge in [-0.1, -0.05) is 18.6 Å². The highest BCUT2D eigenvalue weighted by Gasteiger charge is 2.49. The molecule has 4 rings (SSSR count). The Labute approximate surface area is 162 Å². The number of thioether (sulfide) groups is 1. The van der Waals surface area contributed by atoms with Gasteiger partial charge in [-0.2, -0.15) is 4.99 Å². The van der Waals surface area contributed by atoms with Gasteiger partial charge in [0.25, 0.3) is 11.8 Å². The summed E-state index contributed by atoms with van der Waals surface area (Å²) in [4.78, 5) is 43.3. The highest BCUT2D eigenvalue weighted by atomic mass is 32.2. The molecule has 1 atom stereocenters. The number of aliphatic imine (C=N–C) groups is 1. The summed E-state index contributed by atoms with van der Waals surface area (Å²) in [6.07, 6.45) is 0.853. The fraction of sp³-hybridized carbons (Fsp3) is 0.400. The lowest BCUT2D eigenvalue weighted by atomic mass is 9.80. The number of anilines is 1. The van der Waals surface area contributed by atoms with Crippen LogP contribution in [0.1, 0.15) is 56.7 Å². The van der Waals surface area contributed by atoms with E-state index in [4.69, 9.17) is 0 Å². The van der Waals surface area contributed by atoms with Gasteiger partial charge in [0.05, 0.1) is 16.2 Å². The molecule has 6 nitrogen and oxygen atoms in total. The molecule has 0 saturated heterocycles. The predicted octanol–water partition coefficient (Wildman–Crippen LogP) is 3.10. The fourth-order valence-electron chi connectivity index (χ4n) is 4.37. The lowest BCUT2D eigenvalue weighted by Crippen LogP contribution is -2.49. The van der Waals surface area contributed by atoms with Crippen LogP contribution in [0, 0.1) is 6.92 Å². The number of nitrogens with one attached hydrogen (secondary N) is 1. The van der Waals surface area contributed by atoms with E-state index in [1.54, 1.807) is 0 Å². The third kappa shape index (κ3) is 2.64. The average molecular weight is 383 g/mol. The van der Waals surface area contributed by atoms with Crippen molar-refractivity contribution in [2.24, 2.45) is 4.99 Å². The Kier molecular flexibility index (Phi) is 3.86. The second-order valence-corrected chi connectivity index (χ2v) is 9.02. The summed E-state index contributed by atoms with van der Waals surface area (Å²) in [7, 11) is 0. The molecule has 3 amide bonds. The van der Waals surface area contributed by atoms with Crippen molar-refractivity contribution in [3.05, 3.63) is 33.7 Å². The number of amides is 3. The first-order chi connectivity index (χ1) is 12.6. The number of rotatable bonds is 0. The third-order valence-corrected chi connectivity index (χ3v) is 6.21. The Hall–Kier alpha value is -2.41. The third-order valence-electron chi connectivity index (χ3n) is 5.24. The van der Waals surface area contributed by atoms with E-state index < -0.39 is 5.91 Å². The lowest BCUT2D eigenvalue weighted by molar-refractivity contribution is -0.117. The topological polar surface area (TPSA) is 78.8 Å². The summed E-state index contributed by atoms with van der Waals surface area (Å²) in [5.41, 5.74) is 3.97. The van der Waals surface area contributed by atoms with Crippen LogP contribution in [0.5, 0.6) is 0 Å². The molecule has 3 heterocycles. The van der Waals surface area contributed by atoms with Crippen molar-refractivity contribution in [1.29, 1.82) is 0 Å². The van der Waals surface area contributed by atoms with Gasteiger partial charge < -0.3 is 10.2 Å². The summed E-state index contributed by atoms with van der Waals surface area (Å²) in [5.74, 6) is -0.622. The molecule has 1 unspecified atom stereocenters. The molecule has 0 bridgehead atoms. The summed E-state index contributed by atoms with van der Waals surface area (Å²) >= 11 is 1.06. The molecule has 1 aromatic rings. The summed E-state index contributed by atoms with van der Waals surface area (Å²) in [6.45, 7) is 9.66. The van der Waals surface area contributed by atoms with E-state index in [1.165, 1.54) is 6.92 Å². The van der Waals surface area contributed by atoms with Gasteiger partial charge in [-0.05, 0) is 56.5 Å². The highest BCUT2D eigenvalue weighted by molar-refractivity contribution is 8.18. The molecule has 7 heteroatoms. The molecule has 0 spiro atoms. The number of aryl methyl sites for hydroxylation is 1. The molecule has 1 aromatic carbocycles. The summed E-state index contributed by atoms with van der Waals surface area (Å²) < 4.78 is 0. The van der Waals surface area contributed by atoms with E-state index in [0.717, 1.165) is 40.6 Å². The first-order valence-corrected chi connectivity index (χ1v) is 9.74. The van der Waals surface area contributed by atoms with E-state index in [0.29, 0.717) is 11.5 Å². The Bertz CT molecular complexity index is 990. The minimum Gasteiger partial charge on any atom is -0.305 e. The highest BCUT2D eigenvalue weighted by Crippen LogP contribution is 2.53. The van der Waals surface area contributed by atoms with E-state index >= 15 is 0 Å². The van der Waals surface area contributed by atoms with Gasteiger partial charge in [-0.15, -0.1) is 0 Å². The first-order valence-electron chi connectivity index (χ1n) is 8.92. The van der Waals surface area contributed by atoms with Crippen molar-refractivity contribution in [2.75, 3.05) is 4.90 Å². The zero-order valence-corrected chi connectivity index (χ0v) is 16.8. The minimum atomic E-state index is -0.479.